The summed E-state index contributed by atoms with van der Waals surface area (Å²) in [5, 5.41) is 16.7. The average Bonchev–Trinajstić information content (AvgIpc) is 2.25. The number of carbonyl (C=O) groups is 2. The predicted molar refractivity (Wildman–Crippen MR) is 68.8 cm³/mol. The Balaban J connectivity index is 3.36. The Morgan fingerprint density at radius 2 is 1.05 bits per heavy atom. The summed E-state index contributed by atoms with van der Waals surface area (Å²) in [6.07, 6.45) is 2.88. The van der Waals surface area contributed by atoms with Gasteiger partial charge in [0.05, 0.1) is 0 Å². The number of allylic oxidation sites excluding steroid dienone is 2. The molecule has 0 spiro atoms. The normalized spacial score (nSPS) is 9.68. The average molecular weight is 272 g/mol. The van der Waals surface area contributed by atoms with Crippen molar-refractivity contribution in [2.24, 2.45) is 0 Å². The molecule has 0 fully saturated rings. The molecule has 2 N–H and O–H groups in total. The Labute approximate surface area is 112 Å². The summed E-state index contributed by atoms with van der Waals surface area (Å²) < 4.78 is 8.77. The Morgan fingerprint density at radius 1 is 0.737 bits per heavy atom. The highest BCUT2D eigenvalue weighted by molar-refractivity contribution is 5.58. The fraction of sp³-hybridized carbons (Fsp3) is 0.538. The number of unbranched alkanes of at least 4 members (excludes halogenated alkanes) is 4. The van der Waals surface area contributed by atoms with Crippen LogP contribution in [0.3, 0.4) is 0 Å². The van der Waals surface area contributed by atoms with Gasteiger partial charge >= 0.3 is 12.3 Å². The van der Waals surface area contributed by atoms with Crippen molar-refractivity contribution in [2.45, 2.75) is 44.9 Å². The summed E-state index contributed by atoms with van der Waals surface area (Å²) in [7, 11) is 0. The second-order valence-corrected chi connectivity index (χ2v) is 4.08. The first-order chi connectivity index (χ1) is 8.91. The van der Waals surface area contributed by atoms with Crippen LogP contribution in [0, 0.1) is 0 Å². The van der Waals surface area contributed by atoms with Crippen molar-refractivity contribution < 1.29 is 29.3 Å². The predicted octanol–water partition coefficient (Wildman–Crippen LogP) is 4.13. The Hall–Kier alpha value is -1.98. The molecule has 0 aromatic rings. The van der Waals surface area contributed by atoms with Gasteiger partial charge in [-0.25, -0.2) is 9.59 Å². The minimum Gasteiger partial charge on any atom is -0.449 e. The Bertz CT molecular complexity index is 302. The molecule has 0 rings (SSSR count). The van der Waals surface area contributed by atoms with Gasteiger partial charge in [0, 0.05) is 12.8 Å². The van der Waals surface area contributed by atoms with E-state index in [4.69, 9.17) is 10.2 Å². The highest BCUT2D eigenvalue weighted by Crippen LogP contribution is 2.13. The fourth-order valence-electron chi connectivity index (χ4n) is 1.52. The van der Waals surface area contributed by atoms with Crippen LogP contribution in [-0.4, -0.2) is 22.5 Å². The lowest BCUT2D eigenvalue weighted by molar-refractivity contribution is 0.115. The summed E-state index contributed by atoms with van der Waals surface area (Å²) in [5.41, 5.74) is 0. The van der Waals surface area contributed by atoms with Gasteiger partial charge < -0.3 is 19.7 Å². The zero-order chi connectivity index (χ0) is 14.7. The second-order valence-electron chi connectivity index (χ2n) is 4.08. The Morgan fingerprint density at radius 3 is 1.37 bits per heavy atom. The van der Waals surface area contributed by atoms with Crippen molar-refractivity contribution in [3.05, 3.63) is 24.7 Å². The third-order valence-corrected chi connectivity index (χ3v) is 2.37. The molecule has 0 aromatic carbocycles. The van der Waals surface area contributed by atoms with Crippen LogP contribution in [0.25, 0.3) is 0 Å². The van der Waals surface area contributed by atoms with Gasteiger partial charge in [0.15, 0.2) is 0 Å². The molecule has 0 aromatic heterocycles. The van der Waals surface area contributed by atoms with E-state index in [1.165, 1.54) is 0 Å². The minimum atomic E-state index is -1.33. The monoisotopic (exact) mass is 272 g/mol. The van der Waals surface area contributed by atoms with E-state index in [0.29, 0.717) is 12.8 Å². The number of rotatable bonds is 10. The SMILES string of the molecule is C=C(CCCCCCCC(=C)OC(=O)O)OC(=O)O. The molecule has 0 aliphatic rings. The maximum atomic E-state index is 10.2. The maximum absolute atomic E-state index is 10.2. The number of carboxylic acid groups (broad SMARTS) is 2. The lowest BCUT2D eigenvalue weighted by atomic mass is 10.1. The lowest BCUT2D eigenvalue weighted by Crippen LogP contribution is -1.99. The van der Waals surface area contributed by atoms with Crippen LogP contribution < -0.4 is 0 Å². The molecule has 0 saturated heterocycles. The molecule has 0 aliphatic carbocycles. The second kappa shape index (κ2) is 9.99. The van der Waals surface area contributed by atoms with E-state index in [9.17, 15) is 9.59 Å². The first-order valence-electron chi connectivity index (χ1n) is 6.09. The molecule has 0 radical (unpaired) electrons. The van der Waals surface area contributed by atoms with Crippen LogP contribution in [0.4, 0.5) is 9.59 Å². The molecule has 6 heteroatoms. The van der Waals surface area contributed by atoms with Crippen LogP contribution in [0.1, 0.15) is 44.9 Å². The first-order valence-corrected chi connectivity index (χ1v) is 6.09. The molecule has 0 heterocycles. The zero-order valence-electron chi connectivity index (χ0n) is 10.9. The van der Waals surface area contributed by atoms with Crippen LogP contribution in [0.5, 0.6) is 0 Å². The summed E-state index contributed by atoms with van der Waals surface area (Å²) in [5.74, 6) is 0.520. The van der Waals surface area contributed by atoms with Gasteiger partial charge in [-0.1, -0.05) is 32.4 Å². The number of hydrogen-bond donors (Lipinski definition) is 2. The van der Waals surface area contributed by atoms with Gasteiger partial charge in [-0.15, -0.1) is 0 Å². The molecular weight excluding hydrogens is 252 g/mol. The van der Waals surface area contributed by atoms with Gasteiger partial charge in [-0.3, -0.25) is 0 Å². The molecule has 19 heavy (non-hydrogen) atoms. The molecule has 0 atom stereocenters. The summed E-state index contributed by atoms with van der Waals surface area (Å²) >= 11 is 0. The van der Waals surface area contributed by atoms with Gasteiger partial charge in [-0.2, -0.15) is 0 Å². The topological polar surface area (TPSA) is 93.1 Å². The molecule has 0 amide bonds. The molecule has 108 valence electrons. The standard InChI is InChI=1S/C13H20O6/c1-10(18-12(14)15)8-6-4-3-5-7-9-11(2)19-13(16)17/h1-9H2,(H,14,15)(H,16,17). The highest BCUT2D eigenvalue weighted by Gasteiger charge is 2.03. The largest absolute Gasteiger partial charge is 0.510 e. The summed E-state index contributed by atoms with van der Waals surface area (Å²) in [4.78, 5) is 20.4. The van der Waals surface area contributed by atoms with Gasteiger partial charge in [0.25, 0.3) is 0 Å². The van der Waals surface area contributed by atoms with Crippen LogP contribution >= 0.6 is 0 Å². The molecule has 0 unspecified atom stereocenters. The van der Waals surface area contributed by atoms with Crippen LogP contribution in [0.15, 0.2) is 24.7 Å². The third-order valence-electron chi connectivity index (χ3n) is 2.37. The molecule has 0 bridgehead atoms. The quantitative estimate of drug-likeness (QED) is 0.353. The lowest BCUT2D eigenvalue weighted by Gasteiger charge is -2.05. The highest BCUT2D eigenvalue weighted by atomic mass is 16.7. The van der Waals surface area contributed by atoms with E-state index in [-0.39, 0.29) is 11.5 Å². The fourth-order valence-corrected chi connectivity index (χ4v) is 1.52. The van der Waals surface area contributed by atoms with E-state index >= 15 is 0 Å². The molecule has 6 nitrogen and oxygen atoms in total. The molecular formula is C13H20O6. The molecule has 0 saturated carbocycles. The summed E-state index contributed by atoms with van der Waals surface area (Å²) in [6.45, 7) is 6.99. The van der Waals surface area contributed by atoms with E-state index in [1.807, 2.05) is 0 Å². The van der Waals surface area contributed by atoms with Crippen LogP contribution in [0.2, 0.25) is 0 Å². The molecule has 0 aliphatic heterocycles. The van der Waals surface area contributed by atoms with E-state index in [0.717, 1.165) is 32.1 Å². The van der Waals surface area contributed by atoms with E-state index < -0.39 is 12.3 Å². The van der Waals surface area contributed by atoms with Crippen molar-refractivity contribution >= 4 is 12.3 Å². The van der Waals surface area contributed by atoms with Crippen molar-refractivity contribution in [3.8, 4) is 0 Å². The van der Waals surface area contributed by atoms with Gasteiger partial charge in [-0.05, 0) is 12.8 Å². The van der Waals surface area contributed by atoms with Gasteiger partial charge in [0.2, 0.25) is 0 Å². The first kappa shape index (κ1) is 17.0. The van der Waals surface area contributed by atoms with Crippen molar-refractivity contribution in [2.75, 3.05) is 0 Å². The van der Waals surface area contributed by atoms with Crippen molar-refractivity contribution in [3.63, 3.8) is 0 Å². The third kappa shape index (κ3) is 12.3. The van der Waals surface area contributed by atoms with Gasteiger partial charge in [0.1, 0.15) is 11.5 Å². The minimum absolute atomic E-state index is 0.260. The van der Waals surface area contributed by atoms with Crippen LogP contribution in [-0.2, 0) is 9.47 Å². The summed E-state index contributed by atoms with van der Waals surface area (Å²) in [6, 6.07) is 0. The number of hydrogen-bond acceptors (Lipinski definition) is 4. The van der Waals surface area contributed by atoms with Crippen molar-refractivity contribution in [1.29, 1.82) is 0 Å². The number of ether oxygens (including phenoxy) is 2. The Kier molecular flexibility index (Phi) is 8.95. The maximum Gasteiger partial charge on any atom is 0.510 e. The van der Waals surface area contributed by atoms with Crippen molar-refractivity contribution in [1.82, 2.24) is 0 Å². The van der Waals surface area contributed by atoms with E-state index in [2.05, 4.69) is 22.6 Å². The zero-order valence-corrected chi connectivity index (χ0v) is 10.9. The smallest absolute Gasteiger partial charge is 0.449 e. The van der Waals surface area contributed by atoms with E-state index in [1.54, 1.807) is 0 Å².